The van der Waals surface area contributed by atoms with Gasteiger partial charge in [-0.3, -0.25) is 4.79 Å². The Bertz CT molecular complexity index is 445. The van der Waals surface area contributed by atoms with Crippen molar-refractivity contribution in [3.63, 3.8) is 0 Å². The third kappa shape index (κ3) is 2.53. The molecular formula is C14H18FNO2. The van der Waals surface area contributed by atoms with E-state index < -0.39 is 17.2 Å². The number of hydrogen-bond donors (Lipinski definition) is 2. The molecule has 0 radical (unpaired) electrons. The van der Waals surface area contributed by atoms with E-state index in [4.69, 9.17) is 5.73 Å². The van der Waals surface area contributed by atoms with Gasteiger partial charge in [0.1, 0.15) is 11.2 Å². The Balaban J connectivity index is 2.29. The maximum absolute atomic E-state index is 13.3. The first-order valence-corrected chi connectivity index (χ1v) is 6.28. The molecular weight excluding hydrogens is 233 g/mol. The van der Waals surface area contributed by atoms with Gasteiger partial charge in [0.15, 0.2) is 0 Å². The summed E-state index contributed by atoms with van der Waals surface area (Å²) < 4.78 is 13.3. The van der Waals surface area contributed by atoms with E-state index >= 15 is 0 Å². The van der Waals surface area contributed by atoms with Gasteiger partial charge in [-0.2, -0.15) is 0 Å². The van der Waals surface area contributed by atoms with Crippen molar-refractivity contribution in [2.45, 2.75) is 31.1 Å². The summed E-state index contributed by atoms with van der Waals surface area (Å²) in [5, 5.41) is 9.50. The first-order chi connectivity index (χ1) is 8.58. The predicted octanol–water partition coefficient (Wildman–Crippen LogP) is 2.30. The number of carbonyl (C=O) groups is 1. The SMILES string of the molecule is NCC(CCC1CC1)(C(=O)O)c1cccc(F)c1. The molecule has 1 aromatic rings. The first-order valence-electron chi connectivity index (χ1n) is 6.28. The Labute approximate surface area is 106 Å². The maximum atomic E-state index is 13.3. The molecule has 98 valence electrons. The molecule has 1 fully saturated rings. The molecule has 1 unspecified atom stereocenters. The van der Waals surface area contributed by atoms with Gasteiger partial charge in [0.25, 0.3) is 0 Å². The van der Waals surface area contributed by atoms with E-state index in [1.165, 1.54) is 31.0 Å². The standard InChI is InChI=1S/C14H18FNO2/c15-12-3-1-2-11(8-12)14(9-16,13(17)18)7-6-10-4-5-10/h1-3,8,10H,4-7,9,16H2,(H,17,18). The van der Waals surface area contributed by atoms with Gasteiger partial charge in [-0.1, -0.05) is 25.0 Å². The lowest BCUT2D eigenvalue weighted by Crippen LogP contribution is -2.43. The molecule has 0 saturated heterocycles. The quantitative estimate of drug-likeness (QED) is 0.815. The van der Waals surface area contributed by atoms with Crippen LogP contribution in [0.25, 0.3) is 0 Å². The molecule has 0 amide bonds. The third-order valence-electron chi connectivity index (χ3n) is 3.81. The van der Waals surface area contributed by atoms with Gasteiger partial charge in [-0.25, -0.2) is 4.39 Å². The number of nitrogens with two attached hydrogens (primary N) is 1. The van der Waals surface area contributed by atoms with Gasteiger partial charge in [-0.05, 0) is 36.5 Å². The molecule has 3 N–H and O–H groups in total. The van der Waals surface area contributed by atoms with Crippen LogP contribution < -0.4 is 5.73 Å². The van der Waals surface area contributed by atoms with E-state index in [2.05, 4.69) is 0 Å². The van der Waals surface area contributed by atoms with E-state index in [1.807, 2.05) is 0 Å². The van der Waals surface area contributed by atoms with Crippen molar-refractivity contribution >= 4 is 5.97 Å². The second kappa shape index (κ2) is 5.06. The Kier molecular flexibility index (Phi) is 3.66. The molecule has 2 rings (SSSR count). The minimum atomic E-state index is -1.15. The van der Waals surface area contributed by atoms with Crippen LogP contribution in [0.15, 0.2) is 24.3 Å². The summed E-state index contributed by atoms with van der Waals surface area (Å²) in [6.07, 6.45) is 3.67. The fourth-order valence-electron chi connectivity index (χ4n) is 2.33. The van der Waals surface area contributed by atoms with Gasteiger partial charge in [0.05, 0.1) is 0 Å². The number of carboxylic acids is 1. The zero-order chi connectivity index (χ0) is 13.2. The van der Waals surface area contributed by atoms with Crippen LogP contribution in [-0.2, 0) is 10.2 Å². The topological polar surface area (TPSA) is 63.3 Å². The molecule has 1 aliphatic carbocycles. The molecule has 0 heterocycles. The Morgan fingerprint density at radius 1 is 1.50 bits per heavy atom. The highest BCUT2D eigenvalue weighted by molar-refractivity contribution is 5.81. The molecule has 4 heteroatoms. The van der Waals surface area contributed by atoms with E-state index in [0.717, 1.165) is 6.42 Å². The monoisotopic (exact) mass is 251 g/mol. The minimum Gasteiger partial charge on any atom is -0.481 e. The molecule has 1 aromatic carbocycles. The number of rotatable bonds is 6. The van der Waals surface area contributed by atoms with Gasteiger partial charge >= 0.3 is 5.97 Å². The summed E-state index contributed by atoms with van der Waals surface area (Å²) in [7, 11) is 0. The van der Waals surface area contributed by atoms with Gasteiger partial charge in [-0.15, -0.1) is 0 Å². The van der Waals surface area contributed by atoms with E-state index in [1.54, 1.807) is 6.07 Å². The van der Waals surface area contributed by atoms with Crippen molar-refractivity contribution in [1.29, 1.82) is 0 Å². The molecule has 3 nitrogen and oxygen atoms in total. The zero-order valence-corrected chi connectivity index (χ0v) is 10.2. The fraction of sp³-hybridized carbons (Fsp3) is 0.500. The second-order valence-corrected chi connectivity index (χ2v) is 5.08. The summed E-state index contributed by atoms with van der Waals surface area (Å²) in [6, 6.07) is 5.79. The van der Waals surface area contributed by atoms with E-state index in [9.17, 15) is 14.3 Å². The van der Waals surface area contributed by atoms with Crippen molar-refractivity contribution in [1.82, 2.24) is 0 Å². The van der Waals surface area contributed by atoms with Gasteiger partial charge < -0.3 is 10.8 Å². The molecule has 0 aromatic heterocycles. The van der Waals surface area contributed by atoms with Crippen LogP contribution in [0.5, 0.6) is 0 Å². The zero-order valence-electron chi connectivity index (χ0n) is 10.2. The molecule has 0 spiro atoms. The summed E-state index contributed by atoms with van der Waals surface area (Å²) in [6.45, 7) is -0.00148. The van der Waals surface area contributed by atoms with Crippen LogP contribution in [-0.4, -0.2) is 17.6 Å². The largest absolute Gasteiger partial charge is 0.481 e. The van der Waals surface area contributed by atoms with Gasteiger partial charge in [0, 0.05) is 6.54 Å². The molecule has 0 aliphatic heterocycles. The lowest BCUT2D eigenvalue weighted by Gasteiger charge is -2.28. The van der Waals surface area contributed by atoms with Crippen molar-refractivity contribution < 1.29 is 14.3 Å². The van der Waals surface area contributed by atoms with Crippen molar-refractivity contribution in [3.8, 4) is 0 Å². The molecule has 0 bridgehead atoms. The van der Waals surface area contributed by atoms with Crippen molar-refractivity contribution in [2.24, 2.45) is 11.7 Å². The first kappa shape index (κ1) is 13.0. The minimum absolute atomic E-state index is 0.00148. The number of halogens is 1. The highest BCUT2D eigenvalue weighted by Gasteiger charge is 2.40. The predicted molar refractivity (Wildman–Crippen MR) is 66.7 cm³/mol. The Hall–Kier alpha value is -1.42. The Morgan fingerprint density at radius 3 is 2.72 bits per heavy atom. The summed E-state index contributed by atoms with van der Waals surface area (Å²) in [5.74, 6) is -0.752. The third-order valence-corrected chi connectivity index (χ3v) is 3.81. The number of aliphatic carboxylic acids is 1. The summed E-state index contributed by atoms with van der Waals surface area (Å²) in [4.78, 5) is 11.6. The van der Waals surface area contributed by atoms with Crippen molar-refractivity contribution in [2.75, 3.05) is 6.54 Å². The fourth-order valence-corrected chi connectivity index (χ4v) is 2.33. The van der Waals surface area contributed by atoms with Crippen LogP contribution >= 0.6 is 0 Å². The number of carboxylic acid groups (broad SMARTS) is 1. The normalized spacial score (nSPS) is 18.3. The van der Waals surface area contributed by atoms with Crippen LogP contribution in [0.1, 0.15) is 31.2 Å². The van der Waals surface area contributed by atoms with Crippen molar-refractivity contribution in [3.05, 3.63) is 35.6 Å². The lowest BCUT2D eigenvalue weighted by atomic mass is 9.76. The highest BCUT2D eigenvalue weighted by atomic mass is 19.1. The number of hydrogen-bond acceptors (Lipinski definition) is 2. The number of benzene rings is 1. The van der Waals surface area contributed by atoms with Crippen LogP contribution in [0.2, 0.25) is 0 Å². The Morgan fingerprint density at radius 2 is 2.22 bits per heavy atom. The van der Waals surface area contributed by atoms with Gasteiger partial charge in [0.2, 0.25) is 0 Å². The van der Waals surface area contributed by atoms with Crippen LogP contribution in [0.4, 0.5) is 4.39 Å². The lowest BCUT2D eigenvalue weighted by molar-refractivity contribution is -0.143. The van der Waals surface area contributed by atoms with E-state index in [-0.39, 0.29) is 6.54 Å². The van der Waals surface area contributed by atoms with Crippen LogP contribution in [0, 0.1) is 11.7 Å². The molecule has 1 atom stereocenters. The molecule has 18 heavy (non-hydrogen) atoms. The maximum Gasteiger partial charge on any atom is 0.315 e. The van der Waals surface area contributed by atoms with E-state index in [0.29, 0.717) is 17.9 Å². The summed E-state index contributed by atoms with van der Waals surface area (Å²) in [5.41, 5.74) is 5.02. The molecule has 1 saturated carbocycles. The average molecular weight is 251 g/mol. The summed E-state index contributed by atoms with van der Waals surface area (Å²) >= 11 is 0. The molecule has 1 aliphatic rings. The smallest absolute Gasteiger partial charge is 0.315 e. The average Bonchev–Trinajstić information content (AvgIpc) is 3.14. The highest BCUT2D eigenvalue weighted by Crippen LogP contribution is 2.39. The second-order valence-electron chi connectivity index (χ2n) is 5.08. The van der Waals surface area contributed by atoms with Crippen LogP contribution in [0.3, 0.4) is 0 Å².